The van der Waals surface area contributed by atoms with Gasteiger partial charge in [-0.2, -0.15) is 5.10 Å². The van der Waals surface area contributed by atoms with E-state index in [2.05, 4.69) is 10.4 Å². The van der Waals surface area contributed by atoms with Crippen molar-refractivity contribution in [1.82, 2.24) is 14.7 Å². The molecule has 0 saturated carbocycles. The van der Waals surface area contributed by atoms with E-state index in [4.69, 9.17) is 5.73 Å². The molecular formula is C12H23N5O. The molecule has 0 aliphatic carbocycles. The Balaban J connectivity index is 3.00. The van der Waals surface area contributed by atoms with Crippen molar-refractivity contribution in [2.24, 2.45) is 0 Å². The van der Waals surface area contributed by atoms with Crippen LogP contribution in [0.1, 0.15) is 32.5 Å². The number of anilines is 2. The van der Waals surface area contributed by atoms with Gasteiger partial charge in [0.2, 0.25) is 5.91 Å². The van der Waals surface area contributed by atoms with Gasteiger partial charge in [0, 0.05) is 20.1 Å². The lowest BCUT2D eigenvalue weighted by molar-refractivity contribution is -0.129. The van der Waals surface area contributed by atoms with Gasteiger partial charge >= 0.3 is 0 Å². The maximum absolute atomic E-state index is 11.8. The molecule has 18 heavy (non-hydrogen) atoms. The molecule has 3 N–H and O–H groups in total. The molecule has 1 aromatic heterocycles. The molecule has 1 heterocycles. The molecule has 1 rings (SSSR count). The maximum atomic E-state index is 11.8. The van der Waals surface area contributed by atoms with Gasteiger partial charge in [-0.05, 0) is 27.7 Å². The van der Waals surface area contributed by atoms with Crippen LogP contribution >= 0.6 is 0 Å². The lowest BCUT2D eigenvalue weighted by Gasteiger charge is -2.20. The molecule has 1 aromatic rings. The number of amides is 1. The topological polar surface area (TPSA) is 76.2 Å². The number of aromatic nitrogens is 2. The van der Waals surface area contributed by atoms with Crippen LogP contribution in [0.2, 0.25) is 0 Å². The Bertz CT molecular complexity index is 436. The van der Waals surface area contributed by atoms with Crippen molar-refractivity contribution in [2.75, 3.05) is 25.1 Å². The van der Waals surface area contributed by atoms with Crippen LogP contribution in [0.15, 0.2) is 0 Å². The highest BCUT2D eigenvalue weighted by molar-refractivity contribution is 5.84. The number of nitrogens with two attached hydrogens (primary N) is 1. The highest BCUT2D eigenvalue weighted by Crippen LogP contribution is 2.26. The van der Waals surface area contributed by atoms with E-state index in [9.17, 15) is 4.79 Å². The monoisotopic (exact) mass is 253 g/mol. The Morgan fingerprint density at radius 2 is 1.94 bits per heavy atom. The average Bonchev–Trinajstić information content (AvgIpc) is 2.56. The summed E-state index contributed by atoms with van der Waals surface area (Å²) in [5.41, 5.74) is 7.37. The van der Waals surface area contributed by atoms with Crippen molar-refractivity contribution >= 4 is 17.4 Å². The Morgan fingerprint density at radius 1 is 1.39 bits per heavy atom. The van der Waals surface area contributed by atoms with Crippen molar-refractivity contribution in [3.8, 4) is 0 Å². The van der Waals surface area contributed by atoms with E-state index < -0.39 is 0 Å². The number of aryl methyl sites for hydroxylation is 1. The second-order valence-corrected chi connectivity index (χ2v) is 4.98. The summed E-state index contributed by atoms with van der Waals surface area (Å²) in [4.78, 5) is 13.4. The number of likely N-dealkylation sites (N-methyl/N-ethyl adjacent to an activating group) is 1. The Kier molecular flexibility index (Phi) is 4.21. The third-order valence-corrected chi connectivity index (χ3v) is 2.79. The van der Waals surface area contributed by atoms with Crippen molar-refractivity contribution in [3.63, 3.8) is 0 Å². The van der Waals surface area contributed by atoms with Gasteiger partial charge in [-0.3, -0.25) is 4.79 Å². The maximum Gasteiger partial charge on any atom is 0.244 e. The van der Waals surface area contributed by atoms with Gasteiger partial charge in [-0.1, -0.05) is 0 Å². The van der Waals surface area contributed by atoms with Crippen molar-refractivity contribution < 1.29 is 4.79 Å². The number of nitrogen functional groups attached to an aromatic ring is 1. The second kappa shape index (κ2) is 5.29. The minimum absolute atomic E-state index is 0.00330. The van der Waals surface area contributed by atoms with Crippen LogP contribution in [0.3, 0.4) is 0 Å². The summed E-state index contributed by atoms with van der Waals surface area (Å²) in [6.07, 6.45) is 0. The number of carbonyl (C=O) groups excluding carboxylic acids is 1. The molecule has 102 valence electrons. The number of rotatable bonds is 4. The summed E-state index contributed by atoms with van der Waals surface area (Å²) < 4.78 is 1.81. The summed E-state index contributed by atoms with van der Waals surface area (Å²) in [6, 6.07) is -0.152. The number of hydrogen-bond acceptors (Lipinski definition) is 4. The lowest BCUT2D eigenvalue weighted by Crippen LogP contribution is -2.37. The van der Waals surface area contributed by atoms with Crippen molar-refractivity contribution in [3.05, 3.63) is 5.69 Å². The largest absolute Gasteiger partial charge is 0.394 e. The molecule has 0 aliphatic heterocycles. The van der Waals surface area contributed by atoms with Gasteiger partial charge in [-0.25, -0.2) is 4.68 Å². The SMILES string of the molecule is Cc1nn(C(C)C)c(NC(C)C(=O)N(C)C)c1N. The molecule has 0 radical (unpaired) electrons. The van der Waals surface area contributed by atoms with Gasteiger partial charge < -0.3 is 16.0 Å². The van der Waals surface area contributed by atoms with E-state index in [1.165, 1.54) is 0 Å². The minimum Gasteiger partial charge on any atom is -0.394 e. The highest BCUT2D eigenvalue weighted by atomic mass is 16.2. The van der Waals surface area contributed by atoms with Crippen molar-refractivity contribution in [2.45, 2.75) is 39.8 Å². The first-order chi connectivity index (χ1) is 8.25. The van der Waals surface area contributed by atoms with E-state index >= 15 is 0 Å². The lowest BCUT2D eigenvalue weighted by atomic mass is 10.3. The zero-order valence-electron chi connectivity index (χ0n) is 12.0. The number of nitrogens with one attached hydrogen (secondary N) is 1. The van der Waals surface area contributed by atoms with Gasteiger partial charge in [-0.15, -0.1) is 0 Å². The van der Waals surface area contributed by atoms with E-state index in [0.29, 0.717) is 11.5 Å². The first-order valence-electron chi connectivity index (χ1n) is 6.08. The molecule has 1 amide bonds. The van der Waals surface area contributed by atoms with Crippen LogP contribution in [0.25, 0.3) is 0 Å². The quantitative estimate of drug-likeness (QED) is 0.846. The smallest absolute Gasteiger partial charge is 0.244 e. The van der Waals surface area contributed by atoms with Gasteiger partial charge in [0.1, 0.15) is 11.9 Å². The third kappa shape index (κ3) is 2.75. The van der Waals surface area contributed by atoms with E-state index in [0.717, 1.165) is 5.69 Å². The summed E-state index contributed by atoms with van der Waals surface area (Å²) >= 11 is 0. The van der Waals surface area contributed by atoms with Crippen LogP contribution in [-0.2, 0) is 4.79 Å². The van der Waals surface area contributed by atoms with Gasteiger partial charge in [0.15, 0.2) is 0 Å². The molecule has 0 spiro atoms. The summed E-state index contributed by atoms with van der Waals surface area (Å²) in [7, 11) is 3.46. The van der Waals surface area contributed by atoms with Gasteiger partial charge in [0.05, 0.1) is 11.4 Å². The van der Waals surface area contributed by atoms with Crippen molar-refractivity contribution in [1.29, 1.82) is 0 Å². The number of carbonyl (C=O) groups is 1. The fourth-order valence-corrected chi connectivity index (χ4v) is 1.73. The minimum atomic E-state index is -0.337. The molecule has 6 nitrogen and oxygen atoms in total. The van der Waals surface area contributed by atoms with Crippen LogP contribution < -0.4 is 11.1 Å². The molecule has 0 aliphatic rings. The van der Waals surface area contributed by atoms with Crippen LogP contribution in [0, 0.1) is 6.92 Å². The van der Waals surface area contributed by atoms with E-state index in [-0.39, 0.29) is 18.0 Å². The first-order valence-corrected chi connectivity index (χ1v) is 6.08. The van der Waals surface area contributed by atoms with Crippen LogP contribution in [-0.4, -0.2) is 40.7 Å². The standard InChI is InChI=1S/C12H23N5O/c1-7(2)17-11(10(13)8(3)15-17)14-9(4)12(18)16(5)6/h7,9,14H,13H2,1-6H3. The zero-order chi connectivity index (χ0) is 14.0. The molecule has 0 fully saturated rings. The normalized spacial score (nSPS) is 12.6. The van der Waals surface area contributed by atoms with Crippen LogP contribution in [0.4, 0.5) is 11.5 Å². The molecule has 6 heteroatoms. The molecule has 0 bridgehead atoms. The average molecular weight is 253 g/mol. The summed E-state index contributed by atoms with van der Waals surface area (Å²) in [5, 5.41) is 7.52. The van der Waals surface area contributed by atoms with Gasteiger partial charge in [0.25, 0.3) is 0 Å². The molecular weight excluding hydrogens is 230 g/mol. The summed E-state index contributed by atoms with van der Waals surface area (Å²) in [5.74, 6) is 0.716. The predicted octanol–water partition coefficient (Wildman–Crippen LogP) is 1.24. The summed E-state index contributed by atoms with van der Waals surface area (Å²) in [6.45, 7) is 7.72. The fraction of sp³-hybridized carbons (Fsp3) is 0.667. The zero-order valence-corrected chi connectivity index (χ0v) is 12.0. The second-order valence-electron chi connectivity index (χ2n) is 4.98. The Hall–Kier alpha value is -1.72. The number of nitrogens with zero attached hydrogens (tertiary/aromatic N) is 3. The molecule has 1 unspecified atom stereocenters. The Morgan fingerprint density at radius 3 is 2.39 bits per heavy atom. The predicted molar refractivity (Wildman–Crippen MR) is 73.5 cm³/mol. The van der Waals surface area contributed by atoms with E-state index in [1.807, 2.05) is 32.4 Å². The molecule has 1 atom stereocenters. The van der Waals surface area contributed by atoms with E-state index in [1.54, 1.807) is 19.0 Å². The third-order valence-electron chi connectivity index (χ3n) is 2.79. The molecule has 0 aromatic carbocycles. The van der Waals surface area contributed by atoms with Crippen LogP contribution in [0.5, 0.6) is 0 Å². The molecule has 0 saturated heterocycles. The number of hydrogen-bond donors (Lipinski definition) is 2. The fourth-order valence-electron chi connectivity index (χ4n) is 1.73. The Labute approximate surface area is 108 Å². The first kappa shape index (κ1) is 14.3. The highest BCUT2D eigenvalue weighted by Gasteiger charge is 2.20.